The molecule has 1 aliphatic rings. The van der Waals surface area contributed by atoms with Gasteiger partial charge in [-0.1, -0.05) is 12.1 Å². The molecule has 2 atom stereocenters. The summed E-state index contributed by atoms with van der Waals surface area (Å²) in [7, 11) is 1.92. The molecule has 4 rings (SSSR count). The quantitative estimate of drug-likeness (QED) is 0.737. The van der Waals surface area contributed by atoms with Crippen LogP contribution in [-0.4, -0.2) is 27.7 Å². The Balaban J connectivity index is 1.36. The van der Waals surface area contributed by atoms with Gasteiger partial charge >= 0.3 is 0 Å². The monoisotopic (exact) mass is 379 g/mol. The molecule has 1 N–H and O–H groups in total. The zero-order valence-electron chi connectivity index (χ0n) is 15.7. The van der Waals surface area contributed by atoms with Crippen LogP contribution in [0.2, 0.25) is 0 Å². The highest BCUT2D eigenvalue weighted by Crippen LogP contribution is 2.33. The summed E-state index contributed by atoms with van der Waals surface area (Å²) in [6.07, 6.45) is 2.48. The molecule has 28 heavy (non-hydrogen) atoms. The van der Waals surface area contributed by atoms with E-state index in [9.17, 15) is 4.79 Å². The van der Waals surface area contributed by atoms with Gasteiger partial charge in [0.25, 0.3) is 5.91 Å². The molecule has 0 saturated carbocycles. The highest BCUT2D eigenvalue weighted by Gasteiger charge is 2.34. The Hall–Kier alpha value is -3.48. The molecule has 2 heterocycles. The largest absolute Gasteiger partial charge is 0.486 e. The maximum absolute atomic E-state index is 12.6. The van der Waals surface area contributed by atoms with Crippen LogP contribution in [0, 0.1) is 0 Å². The highest BCUT2D eigenvalue weighted by atomic mass is 16.6. The lowest BCUT2D eigenvalue weighted by atomic mass is 10.1. The summed E-state index contributed by atoms with van der Waals surface area (Å²) >= 11 is 0. The van der Waals surface area contributed by atoms with E-state index < -0.39 is 12.2 Å². The van der Waals surface area contributed by atoms with Gasteiger partial charge in [0.05, 0.1) is 0 Å². The number of para-hydroxylation sites is 2. The molecule has 7 nitrogen and oxygen atoms in total. The maximum atomic E-state index is 12.6. The smallest absolute Gasteiger partial charge is 0.269 e. The fraction of sp³-hybridized carbons (Fsp3) is 0.238. The molecule has 144 valence electrons. The van der Waals surface area contributed by atoms with E-state index in [0.717, 1.165) is 5.82 Å². The Morgan fingerprint density at radius 1 is 1.14 bits per heavy atom. The van der Waals surface area contributed by atoms with Gasteiger partial charge in [-0.15, -0.1) is 0 Å². The zero-order chi connectivity index (χ0) is 19.5. The normalized spacial score (nSPS) is 17.8. The first-order valence-corrected chi connectivity index (χ1v) is 9.02. The van der Waals surface area contributed by atoms with Gasteiger partial charge in [-0.3, -0.25) is 4.79 Å². The van der Waals surface area contributed by atoms with Gasteiger partial charge in [-0.05, 0) is 43.3 Å². The SMILES string of the molecule is C[C@H]1Oc2ccccc2O[C@@H]1C(=O)Nc1ccc(OCc2nccn2C)cc1. The van der Waals surface area contributed by atoms with E-state index >= 15 is 0 Å². The number of aryl methyl sites for hydroxylation is 1. The Morgan fingerprint density at radius 3 is 2.54 bits per heavy atom. The first-order valence-electron chi connectivity index (χ1n) is 9.02. The molecule has 7 heteroatoms. The third kappa shape index (κ3) is 3.78. The van der Waals surface area contributed by atoms with Gasteiger partial charge in [-0.25, -0.2) is 4.98 Å². The van der Waals surface area contributed by atoms with Crippen molar-refractivity contribution in [3.05, 3.63) is 66.7 Å². The predicted octanol–water partition coefficient (Wildman–Crippen LogP) is 3.17. The summed E-state index contributed by atoms with van der Waals surface area (Å²) in [5.41, 5.74) is 0.656. The molecule has 3 aromatic rings. The Labute approximate surface area is 162 Å². The fourth-order valence-electron chi connectivity index (χ4n) is 2.94. The third-order valence-corrected chi connectivity index (χ3v) is 4.51. The van der Waals surface area contributed by atoms with E-state index in [1.165, 1.54) is 0 Å². The van der Waals surface area contributed by atoms with Crippen LogP contribution in [0.15, 0.2) is 60.9 Å². The van der Waals surface area contributed by atoms with Crippen LogP contribution in [-0.2, 0) is 18.4 Å². The molecule has 0 bridgehead atoms. The molecule has 1 aromatic heterocycles. The van der Waals surface area contributed by atoms with Crippen LogP contribution >= 0.6 is 0 Å². The standard InChI is InChI=1S/C21H21N3O4/c1-14-20(28-18-6-4-3-5-17(18)27-14)21(25)23-15-7-9-16(10-8-15)26-13-19-22-11-12-24(19)2/h3-12,14,20H,13H2,1-2H3,(H,23,25)/t14-,20+/m1/s1. The van der Waals surface area contributed by atoms with Crippen LogP contribution in [0.5, 0.6) is 17.2 Å². The van der Waals surface area contributed by atoms with Crippen LogP contribution < -0.4 is 19.5 Å². The number of ether oxygens (including phenoxy) is 3. The molecule has 0 spiro atoms. The van der Waals surface area contributed by atoms with E-state index in [4.69, 9.17) is 14.2 Å². The van der Waals surface area contributed by atoms with E-state index in [1.54, 1.807) is 36.5 Å². The van der Waals surface area contributed by atoms with E-state index in [-0.39, 0.29) is 5.91 Å². The van der Waals surface area contributed by atoms with E-state index in [1.807, 2.05) is 42.9 Å². The number of anilines is 1. The van der Waals surface area contributed by atoms with E-state index in [0.29, 0.717) is 29.5 Å². The number of benzene rings is 2. The lowest BCUT2D eigenvalue weighted by Crippen LogP contribution is -2.46. The van der Waals surface area contributed by atoms with Gasteiger partial charge in [0, 0.05) is 25.1 Å². The molecule has 0 fully saturated rings. The van der Waals surface area contributed by atoms with Gasteiger partial charge < -0.3 is 24.1 Å². The third-order valence-electron chi connectivity index (χ3n) is 4.51. The number of amides is 1. The molecule has 2 aromatic carbocycles. The molecule has 0 radical (unpaired) electrons. The Morgan fingerprint density at radius 2 is 1.86 bits per heavy atom. The number of rotatable bonds is 5. The topological polar surface area (TPSA) is 74.6 Å². The summed E-state index contributed by atoms with van der Waals surface area (Å²) in [6, 6.07) is 14.5. The van der Waals surface area contributed by atoms with Crippen LogP contribution in [0.1, 0.15) is 12.7 Å². The Bertz CT molecular complexity index is 968. The summed E-state index contributed by atoms with van der Waals surface area (Å²) < 4.78 is 19.2. The van der Waals surface area contributed by atoms with Crippen molar-refractivity contribution in [3.8, 4) is 17.2 Å². The number of hydrogen-bond donors (Lipinski definition) is 1. The number of fused-ring (bicyclic) bond motifs is 1. The summed E-state index contributed by atoms with van der Waals surface area (Å²) in [6.45, 7) is 2.19. The number of carbonyl (C=O) groups is 1. The summed E-state index contributed by atoms with van der Waals surface area (Å²) in [5.74, 6) is 2.48. The Kier molecular flexibility index (Phi) is 4.89. The molecule has 0 aliphatic carbocycles. The average Bonchev–Trinajstić information content (AvgIpc) is 3.11. The minimum absolute atomic E-state index is 0.260. The number of hydrogen-bond acceptors (Lipinski definition) is 5. The highest BCUT2D eigenvalue weighted by molar-refractivity contribution is 5.95. The van der Waals surface area contributed by atoms with Crippen molar-refractivity contribution in [2.45, 2.75) is 25.7 Å². The van der Waals surface area contributed by atoms with Gasteiger partial charge in [0.1, 0.15) is 24.3 Å². The number of nitrogens with zero attached hydrogens (tertiary/aromatic N) is 2. The van der Waals surface area contributed by atoms with Gasteiger partial charge in [-0.2, -0.15) is 0 Å². The predicted molar refractivity (Wildman–Crippen MR) is 104 cm³/mol. The van der Waals surface area contributed by atoms with Crippen molar-refractivity contribution in [2.75, 3.05) is 5.32 Å². The van der Waals surface area contributed by atoms with Crippen LogP contribution in [0.4, 0.5) is 5.69 Å². The number of carbonyl (C=O) groups excluding carboxylic acids is 1. The second kappa shape index (κ2) is 7.64. The van der Waals surface area contributed by atoms with Crippen molar-refractivity contribution in [2.24, 2.45) is 7.05 Å². The molecule has 1 aliphatic heterocycles. The van der Waals surface area contributed by atoms with Crippen molar-refractivity contribution in [1.82, 2.24) is 9.55 Å². The molecule has 0 unspecified atom stereocenters. The second-order valence-corrected chi connectivity index (χ2v) is 6.56. The average molecular weight is 379 g/mol. The van der Waals surface area contributed by atoms with Crippen LogP contribution in [0.25, 0.3) is 0 Å². The minimum atomic E-state index is -0.728. The number of imidazole rings is 1. The molecular formula is C21H21N3O4. The lowest BCUT2D eigenvalue weighted by Gasteiger charge is -2.31. The van der Waals surface area contributed by atoms with Crippen molar-refractivity contribution < 1.29 is 19.0 Å². The van der Waals surface area contributed by atoms with E-state index in [2.05, 4.69) is 10.3 Å². The van der Waals surface area contributed by atoms with Gasteiger partial charge in [0.2, 0.25) is 6.10 Å². The zero-order valence-corrected chi connectivity index (χ0v) is 15.7. The maximum Gasteiger partial charge on any atom is 0.269 e. The van der Waals surface area contributed by atoms with Crippen molar-refractivity contribution >= 4 is 11.6 Å². The second-order valence-electron chi connectivity index (χ2n) is 6.56. The number of aromatic nitrogens is 2. The molecule has 0 saturated heterocycles. The fourth-order valence-corrected chi connectivity index (χ4v) is 2.94. The lowest BCUT2D eigenvalue weighted by molar-refractivity contribution is -0.128. The van der Waals surface area contributed by atoms with Gasteiger partial charge in [0.15, 0.2) is 11.5 Å². The molecular weight excluding hydrogens is 358 g/mol. The molecule has 1 amide bonds. The first-order chi connectivity index (χ1) is 13.6. The first kappa shape index (κ1) is 17.9. The number of nitrogens with one attached hydrogen (secondary N) is 1. The summed E-state index contributed by atoms with van der Waals surface area (Å²) in [4.78, 5) is 16.9. The summed E-state index contributed by atoms with van der Waals surface area (Å²) in [5, 5.41) is 2.86. The van der Waals surface area contributed by atoms with Crippen LogP contribution in [0.3, 0.4) is 0 Å². The van der Waals surface area contributed by atoms with Crippen molar-refractivity contribution in [1.29, 1.82) is 0 Å². The minimum Gasteiger partial charge on any atom is -0.486 e. The van der Waals surface area contributed by atoms with Crippen molar-refractivity contribution in [3.63, 3.8) is 0 Å².